The summed E-state index contributed by atoms with van der Waals surface area (Å²) in [5.74, 6) is 1.57. The van der Waals surface area contributed by atoms with Gasteiger partial charge in [-0.2, -0.15) is 0 Å². The number of hydrogen-bond acceptors (Lipinski definition) is 3. The lowest BCUT2D eigenvalue weighted by atomic mass is 10.1. The Morgan fingerprint density at radius 2 is 1.84 bits per heavy atom. The largest absolute Gasteiger partial charge is 0.493 e. The van der Waals surface area contributed by atoms with Crippen molar-refractivity contribution in [1.82, 2.24) is 0 Å². The number of ether oxygens (including phenoxy) is 2. The molecule has 0 bridgehead atoms. The summed E-state index contributed by atoms with van der Waals surface area (Å²) in [7, 11) is 1.66. The van der Waals surface area contributed by atoms with Gasteiger partial charge in [-0.15, -0.1) is 0 Å². The van der Waals surface area contributed by atoms with E-state index in [4.69, 9.17) is 15.2 Å². The second-order valence-corrected chi connectivity index (χ2v) is 4.96. The molecule has 0 fully saturated rings. The molecule has 0 aliphatic carbocycles. The molecular formula is C16H27NO2. The Labute approximate surface area is 117 Å². The van der Waals surface area contributed by atoms with E-state index in [2.05, 4.69) is 6.92 Å². The predicted molar refractivity (Wildman–Crippen MR) is 79.9 cm³/mol. The molecule has 19 heavy (non-hydrogen) atoms. The molecule has 3 heteroatoms. The topological polar surface area (TPSA) is 44.5 Å². The van der Waals surface area contributed by atoms with Crippen LogP contribution in [0.3, 0.4) is 0 Å². The fourth-order valence-corrected chi connectivity index (χ4v) is 1.97. The Morgan fingerprint density at radius 3 is 2.47 bits per heavy atom. The first-order valence-corrected chi connectivity index (χ1v) is 7.25. The zero-order valence-corrected chi connectivity index (χ0v) is 12.4. The summed E-state index contributed by atoms with van der Waals surface area (Å²) in [4.78, 5) is 0. The molecule has 0 amide bonds. The first-order chi connectivity index (χ1) is 9.19. The van der Waals surface area contributed by atoms with Gasteiger partial charge in [0.15, 0.2) is 11.5 Å². The van der Waals surface area contributed by atoms with Gasteiger partial charge in [0.2, 0.25) is 0 Å². The van der Waals surface area contributed by atoms with E-state index in [0.29, 0.717) is 0 Å². The minimum absolute atomic E-state index is 0.0111. The first kappa shape index (κ1) is 15.8. The average molecular weight is 265 g/mol. The van der Waals surface area contributed by atoms with Gasteiger partial charge in [0.05, 0.1) is 13.7 Å². The van der Waals surface area contributed by atoms with Crippen molar-refractivity contribution in [2.24, 2.45) is 5.73 Å². The van der Waals surface area contributed by atoms with E-state index >= 15 is 0 Å². The summed E-state index contributed by atoms with van der Waals surface area (Å²) in [6.45, 7) is 4.93. The van der Waals surface area contributed by atoms with Crippen LogP contribution in [-0.2, 0) is 0 Å². The molecule has 0 saturated heterocycles. The van der Waals surface area contributed by atoms with Crippen LogP contribution in [0.5, 0.6) is 11.5 Å². The first-order valence-electron chi connectivity index (χ1n) is 7.25. The summed E-state index contributed by atoms with van der Waals surface area (Å²) in [6.07, 6.45) is 6.20. The SMILES string of the molecule is CCCCCCCOc1ccc(C(C)N)cc1OC. The van der Waals surface area contributed by atoms with Gasteiger partial charge in [-0.05, 0) is 31.0 Å². The quantitative estimate of drug-likeness (QED) is 0.685. The van der Waals surface area contributed by atoms with Crippen LogP contribution >= 0.6 is 0 Å². The molecule has 1 aromatic rings. The van der Waals surface area contributed by atoms with Gasteiger partial charge in [-0.3, -0.25) is 0 Å². The zero-order chi connectivity index (χ0) is 14.1. The average Bonchev–Trinajstić information content (AvgIpc) is 2.42. The van der Waals surface area contributed by atoms with E-state index in [1.165, 1.54) is 25.7 Å². The summed E-state index contributed by atoms with van der Waals surface area (Å²) >= 11 is 0. The monoisotopic (exact) mass is 265 g/mol. The summed E-state index contributed by atoms with van der Waals surface area (Å²) < 4.78 is 11.1. The second kappa shape index (κ2) is 8.81. The fourth-order valence-electron chi connectivity index (χ4n) is 1.97. The third kappa shape index (κ3) is 5.52. The number of benzene rings is 1. The van der Waals surface area contributed by atoms with Crippen LogP contribution in [0.2, 0.25) is 0 Å². The van der Waals surface area contributed by atoms with Crippen molar-refractivity contribution in [2.45, 2.75) is 52.0 Å². The molecule has 0 aliphatic heterocycles. The Balaban J connectivity index is 2.44. The molecule has 1 rings (SSSR count). The second-order valence-electron chi connectivity index (χ2n) is 4.96. The highest BCUT2D eigenvalue weighted by Crippen LogP contribution is 2.29. The van der Waals surface area contributed by atoms with E-state index in [-0.39, 0.29) is 6.04 Å². The van der Waals surface area contributed by atoms with E-state index < -0.39 is 0 Å². The summed E-state index contributed by atoms with van der Waals surface area (Å²) in [6, 6.07) is 5.91. The van der Waals surface area contributed by atoms with Gasteiger partial charge in [0, 0.05) is 6.04 Å². The molecule has 108 valence electrons. The fraction of sp³-hybridized carbons (Fsp3) is 0.625. The number of nitrogens with two attached hydrogens (primary N) is 1. The Kier molecular flexibility index (Phi) is 7.34. The van der Waals surface area contributed by atoms with Crippen LogP contribution in [-0.4, -0.2) is 13.7 Å². The lowest BCUT2D eigenvalue weighted by molar-refractivity contribution is 0.284. The third-order valence-electron chi connectivity index (χ3n) is 3.22. The summed E-state index contributed by atoms with van der Waals surface area (Å²) in [5.41, 5.74) is 6.92. The van der Waals surface area contributed by atoms with Crippen molar-refractivity contribution in [3.8, 4) is 11.5 Å². The van der Waals surface area contributed by atoms with E-state index in [0.717, 1.165) is 30.1 Å². The molecule has 3 nitrogen and oxygen atoms in total. The lowest BCUT2D eigenvalue weighted by Gasteiger charge is -2.13. The molecule has 0 heterocycles. The zero-order valence-electron chi connectivity index (χ0n) is 12.4. The van der Waals surface area contributed by atoms with Crippen LogP contribution in [0.4, 0.5) is 0 Å². The Bertz CT molecular complexity index is 364. The van der Waals surface area contributed by atoms with Crippen LogP contribution < -0.4 is 15.2 Å². The smallest absolute Gasteiger partial charge is 0.161 e. The van der Waals surface area contributed by atoms with Gasteiger partial charge in [0.1, 0.15) is 0 Å². The molecule has 0 saturated carbocycles. The molecule has 0 aliphatic rings. The molecule has 1 atom stereocenters. The van der Waals surface area contributed by atoms with Crippen molar-refractivity contribution in [3.63, 3.8) is 0 Å². The van der Waals surface area contributed by atoms with Crippen LogP contribution in [0, 0.1) is 0 Å². The van der Waals surface area contributed by atoms with Crippen molar-refractivity contribution >= 4 is 0 Å². The highest BCUT2D eigenvalue weighted by molar-refractivity contribution is 5.43. The van der Waals surface area contributed by atoms with Gasteiger partial charge >= 0.3 is 0 Å². The summed E-state index contributed by atoms with van der Waals surface area (Å²) in [5, 5.41) is 0. The highest BCUT2D eigenvalue weighted by Gasteiger charge is 2.07. The maximum Gasteiger partial charge on any atom is 0.161 e. The van der Waals surface area contributed by atoms with Crippen molar-refractivity contribution in [3.05, 3.63) is 23.8 Å². The molecule has 1 aromatic carbocycles. The Hall–Kier alpha value is -1.22. The number of hydrogen-bond donors (Lipinski definition) is 1. The van der Waals surface area contributed by atoms with E-state index in [1.807, 2.05) is 25.1 Å². The lowest BCUT2D eigenvalue weighted by Crippen LogP contribution is -2.06. The van der Waals surface area contributed by atoms with Crippen LogP contribution in [0.15, 0.2) is 18.2 Å². The molecular weight excluding hydrogens is 238 g/mol. The normalized spacial score (nSPS) is 12.2. The van der Waals surface area contributed by atoms with Gasteiger partial charge in [-0.25, -0.2) is 0 Å². The molecule has 2 N–H and O–H groups in total. The maximum absolute atomic E-state index is 5.86. The molecule has 0 aromatic heterocycles. The van der Waals surface area contributed by atoms with Gasteiger partial charge in [-0.1, -0.05) is 38.7 Å². The standard InChI is InChI=1S/C16H27NO2/c1-4-5-6-7-8-11-19-15-10-9-14(13(2)17)12-16(15)18-3/h9-10,12-13H,4-8,11,17H2,1-3H3. The molecule has 1 unspecified atom stereocenters. The minimum atomic E-state index is 0.0111. The van der Waals surface area contributed by atoms with Crippen molar-refractivity contribution < 1.29 is 9.47 Å². The van der Waals surface area contributed by atoms with Crippen molar-refractivity contribution in [1.29, 1.82) is 0 Å². The number of methoxy groups -OCH3 is 1. The van der Waals surface area contributed by atoms with Crippen LogP contribution in [0.25, 0.3) is 0 Å². The maximum atomic E-state index is 5.86. The third-order valence-corrected chi connectivity index (χ3v) is 3.22. The molecule has 0 spiro atoms. The minimum Gasteiger partial charge on any atom is -0.493 e. The van der Waals surface area contributed by atoms with Gasteiger partial charge in [0.25, 0.3) is 0 Å². The van der Waals surface area contributed by atoms with E-state index in [9.17, 15) is 0 Å². The predicted octanol–water partition coefficient (Wildman–Crippen LogP) is 4.06. The highest BCUT2D eigenvalue weighted by atomic mass is 16.5. The Morgan fingerprint density at radius 1 is 1.11 bits per heavy atom. The van der Waals surface area contributed by atoms with Gasteiger partial charge < -0.3 is 15.2 Å². The van der Waals surface area contributed by atoms with E-state index in [1.54, 1.807) is 7.11 Å². The molecule has 0 radical (unpaired) electrons. The van der Waals surface area contributed by atoms with Crippen LogP contribution in [0.1, 0.15) is 57.6 Å². The number of unbranched alkanes of at least 4 members (excludes halogenated alkanes) is 4. The number of rotatable bonds is 9. The van der Waals surface area contributed by atoms with Crippen molar-refractivity contribution in [2.75, 3.05) is 13.7 Å².